The summed E-state index contributed by atoms with van der Waals surface area (Å²) in [5.74, 6) is 1.65. The Morgan fingerprint density at radius 1 is 1.31 bits per heavy atom. The second kappa shape index (κ2) is 8.81. The highest BCUT2D eigenvalue weighted by atomic mass is 32.2. The van der Waals surface area contributed by atoms with Gasteiger partial charge in [0, 0.05) is 11.9 Å². The molecule has 0 aliphatic carbocycles. The molecule has 7 nitrogen and oxygen atoms in total. The molecule has 2 aromatic heterocycles. The monoisotopic (exact) mass is 389 g/mol. The van der Waals surface area contributed by atoms with Crippen LogP contribution in [-0.2, 0) is 17.9 Å². The molecule has 1 N–H and O–H groups in total. The first-order chi connectivity index (χ1) is 12.7. The molecule has 2 heterocycles. The van der Waals surface area contributed by atoms with Gasteiger partial charge in [-0.25, -0.2) is 4.98 Å². The van der Waals surface area contributed by atoms with Crippen LogP contribution < -0.4 is 10.1 Å². The van der Waals surface area contributed by atoms with E-state index in [0.717, 1.165) is 17.3 Å². The molecule has 1 amide bonds. The minimum atomic E-state index is -0.114. The van der Waals surface area contributed by atoms with Gasteiger partial charge in [-0.3, -0.25) is 4.79 Å². The second-order valence-corrected chi connectivity index (χ2v) is 7.18. The molecule has 3 aromatic rings. The van der Waals surface area contributed by atoms with Crippen molar-refractivity contribution in [3.63, 3.8) is 0 Å². The van der Waals surface area contributed by atoms with Crippen LogP contribution in [0.4, 0.5) is 5.13 Å². The van der Waals surface area contributed by atoms with Crippen LogP contribution in [0.1, 0.15) is 18.4 Å². The number of carbonyl (C=O) groups is 1. The summed E-state index contributed by atoms with van der Waals surface area (Å²) in [6.07, 6.45) is 0. The highest BCUT2D eigenvalue weighted by Gasteiger charge is 2.14. The number of nitrogens with zero attached hydrogens (tertiary/aromatic N) is 4. The quantitative estimate of drug-likeness (QED) is 0.595. The van der Waals surface area contributed by atoms with Crippen molar-refractivity contribution < 1.29 is 9.53 Å². The molecule has 9 heteroatoms. The lowest BCUT2D eigenvalue weighted by Crippen LogP contribution is -2.14. The number of amides is 1. The molecule has 0 saturated heterocycles. The van der Waals surface area contributed by atoms with Crippen LogP contribution in [0.15, 0.2) is 40.9 Å². The predicted molar refractivity (Wildman–Crippen MR) is 103 cm³/mol. The molecule has 1 aromatic carbocycles. The van der Waals surface area contributed by atoms with E-state index in [2.05, 4.69) is 20.5 Å². The Balaban J connectivity index is 1.56. The van der Waals surface area contributed by atoms with E-state index in [9.17, 15) is 4.79 Å². The Kier molecular flexibility index (Phi) is 6.24. The van der Waals surface area contributed by atoms with Gasteiger partial charge in [0.05, 0.1) is 11.4 Å². The molecule has 0 unspecified atom stereocenters. The first-order valence-corrected chi connectivity index (χ1v) is 9.97. The number of para-hydroxylation sites is 1. The Labute approximate surface area is 159 Å². The van der Waals surface area contributed by atoms with Crippen molar-refractivity contribution in [2.75, 3.05) is 11.1 Å². The number of rotatable bonds is 8. The Hall–Kier alpha value is -2.39. The summed E-state index contributed by atoms with van der Waals surface area (Å²) in [7, 11) is 0. The number of ether oxygens (including phenoxy) is 1. The van der Waals surface area contributed by atoms with Crippen LogP contribution >= 0.6 is 23.1 Å². The van der Waals surface area contributed by atoms with Crippen LogP contribution in [0.5, 0.6) is 5.75 Å². The van der Waals surface area contributed by atoms with Crippen molar-refractivity contribution in [3.05, 3.63) is 47.2 Å². The SMILES string of the molecule is CCn1c(COc2ccccc2)nnc1SCC(=O)Nc1nc(C)cs1. The van der Waals surface area contributed by atoms with Crippen molar-refractivity contribution in [1.82, 2.24) is 19.7 Å². The van der Waals surface area contributed by atoms with E-state index in [1.807, 2.05) is 54.1 Å². The largest absolute Gasteiger partial charge is 0.486 e. The summed E-state index contributed by atoms with van der Waals surface area (Å²) >= 11 is 2.76. The van der Waals surface area contributed by atoms with Crippen LogP contribution in [-0.4, -0.2) is 31.4 Å². The van der Waals surface area contributed by atoms with E-state index in [4.69, 9.17) is 4.74 Å². The van der Waals surface area contributed by atoms with E-state index < -0.39 is 0 Å². The highest BCUT2D eigenvalue weighted by Crippen LogP contribution is 2.20. The Morgan fingerprint density at radius 2 is 2.12 bits per heavy atom. The zero-order valence-corrected chi connectivity index (χ0v) is 16.1. The Bertz CT molecular complexity index is 863. The molecule has 0 atom stereocenters. The number of thioether (sulfide) groups is 1. The fourth-order valence-corrected chi connectivity index (χ4v) is 3.74. The van der Waals surface area contributed by atoms with Gasteiger partial charge >= 0.3 is 0 Å². The maximum absolute atomic E-state index is 12.1. The lowest BCUT2D eigenvalue weighted by molar-refractivity contribution is -0.113. The average molecular weight is 390 g/mol. The van der Waals surface area contributed by atoms with E-state index in [1.165, 1.54) is 23.1 Å². The maximum Gasteiger partial charge on any atom is 0.236 e. The molecule has 0 radical (unpaired) electrons. The van der Waals surface area contributed by atoms with Gasteiger partial charge in [-0.05, 0) is 26.0 Å². The molecule has 3 rings (SSSR count). The van der Waals surface area contributed by atoms with Crippen molar-refractivity contribution in [2.45, 2.75) is 32.2 Å². The van der Waals surface area contributed by atoms with Crippen LogP contribution in [0.25, 0.3) is 0 Å². The van der Waals surface area contributed by atoms with E-state index in [-0.39, 0.29) is 11.7 Å². The van der Waals surface area contributed by atoms with Crippen LogP contribution in [0.2, 0.25) is 0 Å². The van der Waals surface area contributed by atoms with Gasteiger partial charge in [0.1, 0.15) is 12.4 Å². The van der Waals surface area contributed by atoms with Gasteiger partial charge < -0.3 is 14.6 Å². The summed E-state index contributed by atoms with van der Waals surface area (Å²) < 4.78 is 7.69. The number of thiazole rings is 1. The molecule has 0 aliphatic heterocycles. The van der Waals surface area contributed by atoms with E-state index in [1.54, 1.807) is 0 Å². The zero-order valence-electron chi connectivity index (χ0n) is 14.5. The topological polar surface area (TPSA) is 81.9 Å². The summed E-state index contributed by atoms with van der Waals surface area (Å²) in [6, 6.07) is 9.57. The lowest BCUT2D eigenvalue weighted by Gasteiger charge is -2.08. The molecular formula is C17H19N5O2S2. The predicted octanol–water partition coefficient (Wildman–Crippen LogP) is 3.37. The van der Waals surface area contributed by atoms with Gasteiger partial charge in [-0.15, -0.1) is 21.5 Å². The first-order valence-electron chi connectivity index (χ1n) is 8.10. The number of nitrogens with one attached hydrogen (secondary N) is 1. The molecule has 136 valence electrons. The number of hydrogen-bond donors (Lipinski definition) is 1. The van der Waals surface area contributed by atoms with Gasteiger partial charge in [-0.1, -0.05) is 30.0 Å². The number of hydrogen-bond acceptors (Lipinski definition) is 7. The second-order valence-electron chi connectivity index (χ2n) is 5.38. The van der Waals surface area contributed by atoms with Crippen molar-refractivity contribution in [2.24, 2.45) is 0 Å². The van der Waals surface area contributed by atoms with Crippen molar-refractivity contribution >= 4 is 34.1 Å². The third kappa shape index (κ3) is 4.83. The lowest BCUT2D eigenvalue weighted by atomic mass is 10.3. The standard InChI is InChI=1S/C17H19N5O2S2/c1-3-22-14(9-24-13-7-5-4-6-8-13)20-21-17(22)26-11-15(23)19-16-18-12(2)10-25-16/h4-8,10H,3,9,11H2,1-2H3,(H,18,19,23). The number of aromatic nitrogens is 4. The first kappa shape index (κ1) is 18.4. The fourth-order valence-electron chi connectivity index (χ4n) is 2.21. The van der Waals surface area contributed by atoms with E-state index in [0.29, 0.717) is 23.4 Å². The van der Waals surface area contributed by atoms with Crippen LogP contribution in [0, 0.1) is 6.92 Å². The minimum Gasteiger partial charge on any atom is -0.486 e. The van der Waals surface area contributed by atoms with Gasteiger partial charge in [0.15, 0.2) is 16.1 Å². The smallest absolute Gasteiger partial charge is 0.236 e. The molecule has 0 spiro atoms. The molecule has 0 bridgehead atoms. The maximum atomic E-state index is 12.1. The normalized spacial score (nSPS) is 10.7. The molecule has 26 heavy (non-hydrogen) atoms. The number of anilines is 1. The Morgan fingerprint density at radius 3 is 2.81 bits per heavy atom. The summed E-state index contributed by atoms with van der Waals surface area (Å²) in [5.41, 5.74) is 0.895. The third-order valence-corrected chi connectivity index (χ3v) is 5.26. The molecule has 0 fully saturated rings. The zero-order chi connectivity index (χ0) is 18.4. The highest BCUT2D eigenvalue weighted by molar-refractivity contribution is 7.99. The number of benzene rings is 1. The van der Waals surface area contributed by atoms with Crippen LogP contribution in [0.3, 0.4) is 0 Å². The molecule has 0 aliphatic rings. The van der Waals surface area contributed by atoms with Gasteiger partial charge in [0.2, 0.25) is 5.91 Å². The minimum absolute atomic E-state index is 0.114. The van der Waals surface area contributed by atoms with Gasteiger partial charge in [0.25, 0.3) is 0 Å². The summed E-state index contributed by atoms with van der Waals surface area (Å²) in [5, 5.41) is 14.4. The van der Waals surface area contributed by atoms with E-state index >= 15 is 0 Å². The number of carbonyl (C=O) groups excluding carboxylic acids is 1. The van der Waals surface area contributed by atoms with Crippen molar-refractivity contribution in [3.8, 4) is 5.75 Å². The van der Waals surface area contributed by atoms with Gasteiger partial charge in [-0.2, -0.15) is 0 Å². The molecular weight excluding hydrogens is 370 g/mol. The summed E-state index contributed by atoms with van der Waals surface area (Å²) in [4.78, 5) is 16.3. The average Bonchev–Trinajstić information content (AvgIpc) is 3.24. The third-order valence-electron chi connectivity index (χ3n) is 3.42. The van der Waals surface area contributed by atoms with Crippen molar-refractivity contribution in [1.29, 1.82) is 0 Å². The fraction of sp³-hybridized carbons (Fsp3) is 0.294. The number of aryl methyl sites for hydroxylation is 1. The summed E-state index contributed by atoms with van der Waals surface area (Å²) in [6.45, 7) is 4.94. The molecule has 0 saturated carbocycles.